The van der Waals surface area contributed by atoms with Gasteiger partial charge in [-0.1, -0.05) is 11.6 Å². The summed E-state index contributed by atoms with van der Waals surface area (Å²) in [5.74, 6) is -5.05. The van der Waals surface area contributed by atoms with E-state index in [0.717, 1.165) is 11.0 Å². The summed E-state index contributed by atoms with van der Waals surface area (Å²) in [4.78, 5) is 42.2. The number of rotatable bonds is 3. The van der Waals surface area contributed by atoms with Crippen molar-refractivity contribution in [2.45, 2.75) is 76.6 Å². The predicted molar refractivity (Wildman–Crippen MR) is 117 cm³/mol. The standard InChI is InChI=1S/C23H27ClF2N2O6/c1-21(2,3)33-20(31)28-16(18(29)27(6)15-9-12(24)13(25)10-14(15)26)17-23(19(28)30,11-7-8-11)34-22(4,5)32-17/h9-11,16-17H,7-8H2,1-6H3/t16-,17-,23-/m0/s1. The fraction of sp³-hybridized carbons (Fsp3) is 0.609. The number of likely N-dealkylation sites (tertiary alicyclic amines) is 1. The van der Waals surface area contributed by atoms with E-state index in [1.54, 1.807) is 34.6 Å². The van der Waals surface area contributed by atoms with E-state index in [-0.39, 0.29) is 11.6 Å². The number of benzene rings is 1. The van der Waals surface area contributed by atoms with Gasteiger partial charge in [0, 0.05) is 13.1 Å². The van der Waals surface area contributed by atoms with Gasteiger partial charge in [0.25, 0.3) is 11.8 Å². The summed E-state index contributed by atoms with van der Waals surface area (Å²) in [7, 11) is 1.24. The highest BCUT2D eigenvalue weighted by molar-refractivity contribution is 6.31. The zero-order valence-corrected chi connectivity index (χ0v) is 20.5. The summed E-state index contributed by atoms with van der Waals surface area (Å²) in [6, 6.07) is 0.0144. The minimum absolute atomic E-state index is 0.253. The zero-order chi connectivity index (χ0) is 25.4. The molecule has 11 heteroatoms. The van der Waals surface area contributed by atoms with Crippen molar-refractivity contribution >= 4 is 35.2 Å². The number of carbonyl (C=O) groups excluding carboxylic acids is 3. The van der Waals surface area contributed by atoms with Crippen molar-refractivity contribution in [1.82, 2.24) is 4.90 Å². The van der Waals surface area contributed by atoms with Crippen molar-refractivity contribution < 1.29 is 37.4 Å². The van der Waals surface area contributed by atoms with Crippen LogP contribution < -0.4 is 4.90 Å². The second-order valence-electron chi connectivity index (χ2n) is 10.3. The first-order chi connectivity index (χ1) is 15.6. The third-order valence-corrected chi connectivity index (χ3v) is 6.36. The quantitative estimate of drug-likeness (QED) is 0.583. The van der Waals surface area contributed by atoms with Crippen LogP contribution in [0.5, 0.6) is 0 Å². The molecule has 0 radical (unpaired) electrons. The summed E-state index contributed by atoms with van der Waals surface area (Å²) >= 11 is 5.80. The van der Waals surface area contributed by atoms with Gasteiger partial charge in [0.15, 0.2) is 17.4 Å². The summed E-state index contributed by atoms with van der Waals surface area (Å²) < 4.78 is 45.8. The molecule has 1 aromatic carbocycles. The molecule has 1 aromatic rings. The first-order valence-corrected chi connectivity index (χ1v) is 11.3. The lowest BCUT2D eigenvalue weighted by atomic mass is 9.90. The molecule has 4 rings (SSSR count). The van der Waals surface area contributed by atoms with Gasteiger partial charge in [-0.05, 0) is 59.4 Å². The predicted octanol–water partition coefficient (Wildman–Crippen LogP) is 4.03. The number of hydrogen-bond acceptors (Lipinski definition) is 6. The smallest absolute Gasteiger partial charge is 0.417 e. The highest BCUT2D eigenvalue weighted by Crippen LogP contribution is 2.56. The summed E-state index contributed by atoms with van der Waals surface area (Å²) in [6.45, 7) is 8.10. The van der Waals surface area contributed by atoms with E-state index in [2.05, 4.69) is 0 Å². The maximum absolute atomic E-state index is 14.6. The molecule has 0 spiro atoms. The average Bonchev–Trinajstić information content (AvgIpc) is 3.46. The Hall–Kier alpha value is -2.30. The fourth-order valence-corrected chi connectivity index (χ4v) is 4.79. The van der Waals surface area contributed by atoms with Crippen LogP contribution in [0.2, 0.25) is 5.02 Å². The van der Waals surface area contributed by atoms with Crippen LogP contribution in [0.4, 0.5) is 19.3 Å². The highest BCUT2D eigenvalue weighted by Gasteiger charge is 2.75. The average molecular weight is 501 g/mol. The van der Waals surface area contributed by atoms with Crippen LogP contribution in [-0.4, -0.2) is 59.0 Å². The summed E-state index contributed by atoms with van der Waals surface area (Å²) in [5, 5.41) is -0.392. The molecule has 0 N–H and O–H groups in total. The first kappa shape index (κ1) is 24.8. The Morgan fingerprint density at radius 2 is 1.82 bits per heavy atom. The summed E-state index contributed by atoms with van der Waals surface area (Å²) in [6.07, 6.45) is -0.879. The normalized spacial score (nSPS) is 28.1. The van der Waals surface area contributed by atoms with Gasteiger partial charge in [0.1, 0.15) is 23.3 Å². The number of likely N-dealkylation sites (N-methyl/N-ethyl adjacent to an activating group) is 1. The van der Waals surface area contributed by atoms with Gasteiger partial charge in [-0.25, -0.2) is 18.5 Å². The number of nitrogens with zero attached hydrogens (tertiary/aromatic N) is 2. The van der Waals surface area contributed by atoms with Crippen LogP contribution in [0.3, 0.4) is 0 Å². The van der Waals surface area contributed by atoms with Crippen molar-refractivity contribution in [1.29, 1.82) is 0 Å². The van der Waals surface area contributed by atoms with E-state index < -0.39 is 63.7 Å². The third-order valence-electron chi connectivity index (χ3n) is 6.07. The molecule has 8 nitrogen and oxygen atoms in total. The Labute approximate surface area is 201 Å². The Bertz CT molecular complexity index is 1070. The molecule has 2 saturated heterocycles. The Morgan fingerprint density at radius 1 is 1.21 bits per heavy atom. The van der Waals surface area contributed by atoms with Crippen LogP contribution in [0.15, 0.2) is 12.1 Å². The maximum Gasteiger partial charge on any atom is 0.417 e. The molecule has 186 valence electrons. The van der Waals surface area contributed by atoms with Gasteiger partial charge in [0.2, 0.25) is 0 Å². The molecular weight excluding hydrogens is 474 g/mol. The Kier molecular flexibility index (Phi) is 5.74. The summed E-state index contributed by atoms with van der Waals surface area (Å²) in [5.41, 5.74) is -2.84. The number of fused-ring (bicyclic) bond motifs is 1. The molecule has 3 atom stereocenters. The number of halogens is 3. The number of ether oxygens (including phenoxy) is 3. The van der Waals surface area contributed by atoms with E-state index in [1.807, 2.05) is 0 Å². The van der Waals surface area contributed by atoms with E-state index in [9.17, 15) is 23.2 Å². The molecule has 1 saturated carbocycles. The van der Waals surface area contributed by atoms with Gasteiger partial charge in [0.05, 0.1) is 10.7 Å². The van der Waals surface area contributed by atoms with Crippen molar-refractivity contribution in [2.75, 3.05) is 11.9 Å². The monoisotopic (exact) mass is 500 g/mol. The number of imide groups is 1. The van der Waals surface area contributed by atoms with Crippen LogP contribution in [-0.2, 0) is 23.8 Å². The van der Waals surface area contributed by atoms with E-state index in [4.69, 9.17) is 25.8 Å². The lowest BCUT2D eigenvalue weighted by Gasteiger charge is -2.32. The molecule has 2 heterocycles. The molecule has 0 unspecified atom stereocenters. The van der Waals surface area contributed by atoms with Gasteiger partial charge < -0.3 is 19.1 Å². The molecule has 3 aliphatic rings. The molecule has 3 fully saturated rings. The van der Waals surface area contributed by atoms with Crippen LogP contribution in [0, 0.1) is 17.6 Å². The number of hydrogen-bond donors (Lipinski definition) is 0. The molecule has 34 heavy (non-hydrogen) atoms. The lowest BCUT2D eigenvalue weighted by molar-refractivity contribution is -0.188. The third kappa shape index (κ3) is 3.95. The number of amides is 3. The molecule has 1 aliphatic carbocycles. The van der Waals surface area contributed by atoms with Crippen LogP contribution in [0.25, 0.3) is 0 Å². The second kappa shape index (κ2) is 7.86. The van der Waals surface area contributed by atoms with Crippen molar-refractivity contribution in [2.24, 2.45) is 5.92 Å². The van der Waals surface area contributed by atoms with Crippen LogP contribution >= 0.6 is 11.6 Å². The van der Waals surface area contributed by atoms with Crippen molar-refractivity contribution in [3.8, 4) is 0 Å². The van der Waals surface area contributed by atoms with E-state index in [1.165, 1.54) is 7.05 Å². The highest BCUT2D eigenvalue weighted by atomic mass is 35.5. The van der Waals surface area contributed by atoms with Gasteiger partial charge >= 0.3 is 6.09 Å². The molecule has 3 amide bonds. The molecule has 0 aromatic heterocycles. The topological polar surface area (TPSA) is 85.4 Å². The Morgan fingerprint density at radius 3 is 2.38 bits per heavy atom. The van der Waals surface area contributed by atoms with Gasteiger partial charge in [-0.3, -0.25) is 9.59 Å². The molecule has 0 bridgehead atoms. The number of carbonyl (C=O) groups is 3. The lowest BCUT2D eigenvalue weighted by Crippen LogP contribution is -2.54. The zero-order valence-electron chi connectivity index (χ0n) is 19.8. The first-order valence-electron chi connectivity index (χ1n) is 11.0. The number of anilines is 1. The molecule has 2 aliphatic heterocycles. The fourth-order valence-electron chi connectivity index (χ4n) is 4.63. The second-order valence-corrected chi connectivity index (χ2v) is 10.7. The SMILES string of the molecule is CN(C(=O)[C@@H]1[C@@H]2OC(C)(C)O[C@]2(C2CC2)C(=O)N1C(=O)OC(C)(C)C)c1cc(Cl)c(F)cc1F. The Balaban J connectivity index is 1.79. The van der Waals surface area contributed by atoms with Crippen LogP contribution in [0.1, 0.15) is 47.5 Å². The van der Waals surface area contributed by atoms with E-state index in [0.29, 0.717) is 23.8 Å². The molecular formula is C23H27ClF2N2O6. The van der Waals surface area contributed by atoms with Gasteiger partial charge in [-0.15, -0.1) is 0 Å². The van der Waals surface area contributed by atoms with E-state index >= 15 is 0 Å². The largest absolute Gasteiger partial charge is 0.443 e. The van der Waals surface area contributed by atoms with Crippen molar-refractivity contribution in [3.05, 3.63) is 28.8 Å². The minimum atomic E-state index is -1.56. The van der Waals surface area contributed by atoms with Gasteiger partial charge in [-0.2, -0.15) is 0 Å². The minimum Gasteiger partial charge on any atom is -0.443 e. The van der Waals surface area contributed by atoms with Crippen molar-refractivity contribution in [3.63, 3.8) is 0 Å². The maximum atomic E-state index is 14.6.